The molecule has 3 rings (SSSR count). The second-order valence-corrected chi connectivity index (χ2v) is 6.03. The van der Waals surface area contributed by atoms with Crippen LogP contribution in [0.25, 0.3) is 0 Å². The number of benzene rings is 1. The second-order valence-electron chi connectivity index (χ2n) is 6.03. The Hall–Kier alpha value is -1.88. The minimum atomic E-state index is -0.872. The summed E-state index contributed by atoms with van der Waals surface area (Å²) in [6, 6.07) is 7.11. The molecule has 0 spiro atoms. The molecule has 1 fully saturated rings. The number of fused-ring (bicyclic) bond motifs is 1. The molecule has 2 N–H and O–H groups in total. The van der Waals surface area contributed by atoms with E-state index in [0.717, 1.165) is 30.6 Å². The van der Waals surface area contributed by atoms with E-state index in [9.17, 15) is 14.7 Å². The Labute approximate surface area is 123 Å². The van der Waals surface area contributed by atoms with Gasteiger partial charge >= 0.3 is 5.97 Å². The summed E-state index contributed by atoms with van der Waals surface area (Å²) in [6.07, 6.45) is 1.90. The first kappa shape index (κ1) is 14.1. The van der Waals surface area contributed by atoms with Crippen LogP contribution < -0.4 is 10.2 Å². The molecule has 2 aliphatic heterocycles. The van der Waals surface area contributed by atoms with Gasteiger partial charge in [0.05, 0.1) is 6.04 Å². The molecule has 21 heavy (non-hydrogen) atoms. The topological polar surface area (TPSA) is 69.6 Å². The van der Waals surface area contributed by atoms with Crippen LogP contribution in [0, 0.1) is 5.92 Å². The van der Waals surface area contributed by atoms with Gasteiger partial charge in [-0.15, -0.1) is 0 Å². The lowest BCUT2D eigenvalue weighted by Gasteiger charge is -2.30. The molecule has 0 saturated carbocycles. The number of nitrogens with one attached hydrogen (secondary N) is 1. The van der Waals surface area contributed by atoms with Crippen LogP contribution in [0.4, 0.5) is 5.69 Å². The molecule has 0 bridgehead atoms. The molecule has 1 amide bonds. The number of para-hydroxylation sites is 1. The minimum Gasteiger partial charge on any atom is -0.481 e. The van der Waals surface area contributed by atoms with E-state index in [2.05, 4.69) is 12.2 Å². The average Bonchev–Trinajstić information content (AvgIpc) is 2.86. The lowest BCUT2D eigenvalue weighted by atomic mass is 9.93. The van der Waals surface area contributed by atoms with Crippen molar-refractivity contribution in [1.82, 2.24) is 5.32 Å². The fourth-order valence-corrected chi connectivity index (χ4v) is 3.31. The van der Waals surface area contributed by atoms with Gasteiger partial charge < -0.3 is 15.3 Å². The van der Waals surface area contributed by atoms with Gasteiger partial charge in [-0.2, -0.15) is 0 Å². The number of nitrogens with zero attached hydrogens (tertiary/aromatic N) is 1. The number of piperidine rings is 1. The first-order valence-electron chi connectivity index (χ1n) is 7.44. The fourth-order valence-electron chi connectivity index (χ4n) is 3.31. The molecule has 1 aromatic carbocycles. The zero-order chi connectivity index (χ0) is 15.0. The van der Waals surface area contributed by atoms with E-state index in [0.29, 0.717) is 5.92 Å². The molecule has 3 unspecified atom stereocenters. The number of carboxylic acid groups (broad SMARTS) is 1. The summed E-state index contributed by atoms with van der Waals surface area (Å²) in [5, 5.41) is 12.6. The van der Waals surface area contributed by atoms with Crippen LogP contribution in [0.5, 0.6) is 0 Å². The molecule has 2 heterocycles. The molecule has 0 aliphatic carbocycles. The summed E-state index contributed by atoms with van der Waals surface area (Å²) in [5.41, 5.74) is 1.48. The molecule has 1 aromatic rings. The molecule has 5 heteroatoms. The van der Waals surface area contributed by atoms with Crippen molar-refractivity contribution >= 4 is 17.6 Å². The van der Waals surface area contributed by atoms with E-state index >= 15 is 0 Å². The summed E-state index contributed by atoms with van der Waals surface area (Å²) in [7, 11) is 0. The number of carboxylic acids is 1. The summed E-state index contributed by atoms with van der Waals surface area (Å²) in [5.74, 6) is -0.972. The first-order valence-corrected chi connectivity index (χ1v) is 7.44. The van der Waals surface area contributed by atoms with Crippen molar-refractivity contribution in [3.8, 4) is 0 Å². The number of rotatable bonds is 2. The van der Waals surface area contributed by atoms with E-state index in [1.165, 1.54) is 0 Å². The van der Waals surface area contributed by atoms with Crippen molar-refractivity contribution in [2.45, 2.75) is 31.7 Å². The van der Waals surface area contributed by atoms with Crippen molar-refractivity contribution in [3.05, 3.63) is 29.8 Å². The number of anilines is 1. The van der Waals surface area contributed by atoms with E-state index in [1.807, 2.05) is 18.2 Å². The molecule has 0 aromatic heterocycles. The van der Waals surface area contributed by atoms with Crippen LogP contribution in [0.3, 0.4) is 0 Å². The molecular formula is C16H20N2O3. The molecule has 112 valence electrons. The predicted molar refractivity (Wildman–Crippen MR) is 79.4 cm³/mol. The van der Waals surface area contributed by atoms with Crippen molar-refractivity contribution in [1.29, 1.82) is 0 Å². The van der Waals surface area contributed by atoms with Gasteiger partial charge in [-0.3, -0.25) is 9.59 Å². The van der Waals surface area contributed by atoms with Crippen molar-refractivity contribution in [2.75, 3.05) is 18.0 Å². The molecular weight excluding hydrogens is 268 g/mol. The van der Waals surface area contributed by atoms with Gasteiger partial charge in [-0.25, -0.2) is 0 Å². The van der Waals surface area contributed by atoms with Gasteiger partial charge in [0.15, 0.2) is 0 Å². The Kier molecular flexibility index (Phi) is 3.68. The first-order chi connectivity index (χ1) is 10.1. The SMILES string of the molecule is CC1CCNC(C(=O)N2CC(C(=O)O)c3ccccc32)C1. The average molecular weight is 288 g/mol. The number of aliphatic carboxylic acids is 1. The zero-order valence-electron chi connectivity index (χ0n) is 12.1. The highest BCUT2D eigenvalue weighted by molar-refractivity contribution is 6.01. The minimum absolute atomic E-state index is 0.00208. The van der Waals surface area contributed by atoms with Gasteiger partial charge in [0, 0.05) is 12.2 Å². The number of carbonyl (C=O) groups is 2. The highest BCUT2D eigenvalue weighted by atomic mass is 16.4. The summed E-state index contributed by atoms with van der Waals surface area (Å²) in [6.45, 7) is 3.23. The van der Waals surface area contributed by atoms with E-state index in [1.54, 1.807) is 11.0 Å². The quantitative estimate of drug-likeness (QED) is 0.867. The Balaban J connectivity index is 1.86. The van der Waals surface area contributed by atoms with Gasteiger partial charge in [-0.1, -0.05) is 25.1 Å². The van der Waals surface area contributed by atoms with Crippen LogP contribution in [-0.2, 0) is 9.59 Å². The largest absolute Gasteiger partial charge is 0.481 e. The monoisotopic (exact) mass is 288 g/mol. The van der Waals surface area contributed by atoms with Gasteiger partial charge in [0.2, 0.25) is 5.91 Å². The molecule has 3 atom stereocenters. The lowest BCUT2D eigenvalue weighted by Crippen LogP contribution is -2.50. The van der Waals surface area contributed by atoms with E-state index in [4.69, 9.17) is 0 Å². The van der Waals surface area contributed by atoms with Gasteiger partial charge in [0.25, 0.3) is 0 Å². The Morgan fingerprint density at radius 2 is 2.10 bits per heavy atom. The molecule has 2 aliphatic rings. The van der Waals surface area contributed by atoms with Crippen LogP contribution in [0.15, 0.2) is 24.3 Å². The molecule has 5 nitrogen and oxygen atoms in total. The van der Waals surface area contributed by atoms with Crippen LogP contribution >= 0.6 is 0 Å². The summed E-state index contributed by atoms with van der Waals surface area (Å²) >= 11 is 0. The van der Waals surface area contributed by atoms with Gasteiger partial charge in [0.1, 0.15) is 5.92 Å². The third-order valence-corrected chi connectivity index (χ3v) is 4.50. The normalized spacial score (nSPS) is 28.2. The molecule has 1 saturated heterocycles. The fraction of sp³-hybridized carbons (Fsp3) is 0.500. The van der Waals surface area contributed by atoms with Crippen LogP contribution in [0.2, 0.25) is 0 Å². The standard InChI is InChI=1S/C16H20N2O3/c1-10-6-7-17-13(8-10)15(19)18-9-12(16(20)21)11-4-2-3-5-14(11)18/h2-5,10,12-13,17H,6-9H2,1H3,(H,20,21). The zero-order valence-corrected chi connectivity index (χ0v) is 12.1. The van der Waals surface area contributed by atoms with Crippen LogP contribution in [-0.4, -0.2) is 36.1 Å². The summed E-state index contributed by atoms with van der Waals surface area (Å²) in [4.78, 5) is 25.8. The number of carbonyl (C=O) groups excluding carboxylic acids is 1. The smallest absolute Gasteiger partial charge is 0.312 e. The predicted octanol–water partition coefficient (Wildman–Crippen LogP) is 1.59. The number of hydrogen-bond acceptors (Lipinski definition) is 3. The summed E-state index contributed by atoms with van der Waals surface area (Å²) < 4.78 is 0. The third kappa shape index (κ3) is 2.53. The van der Waals surface area contributed by atoms with E-state index < -0.39 is 11.9 Å². The Morgan fingerprint density at radius 3 is 2.81 bits per heavy atom. The lowest BCUT2D eigenvalue weighted by molar-refractivity contribution is -0.138. The maximum Gasteiger partial charge on any atom is 0.312 e. The maximum absolute atomic E-state index is 12.7. The maximum atomic E-state index is 12.7. The Bertz CT molecular complexity index is 572. The highest BCUT2D eigenvalue weighted by Gasteiger charge is 2.39. The highest BCUT2D eigenvalue weighted by Crippen LogP contribution is 2.37. The number of hydrogen-bond donors (Lipinski definition) is 2. The Morgan fingerprint density at radius 1 is 1.33 bits per heavy atom. The number of amides is 1. The second kappa shape index (κ2) is 5.48. The third-order valence-electron chi connectivity index (χ3n) is 4.50. The molecule has 0 radical (unpaired) electrons. The van der Waals surface area contributed by atoms with Gasteiger partial charge in [-0.05, 0) is 36.9 Å². The van der Waals surface area contributed by atoms with E-state index in [-0.39, 0.29) is 18.5 Å². The van der Waals surface area contributed by atoms with Crippen LogP contribution in [0.1, 0.15) is 31.2 Å². The van der Waals surface area contributed by atoms with Crippen molar-refractivity contribution < 1.29 is 14.7 Å². The van der Waals surface area contributed by atoms with Crippen molar-refractivity contribution in [2.24, 2.45) is 5.92 Å². The van der Waals surface area contributed by atoms with Crippen molar-refractivity contribution in [3.63, 3.8) is 0 Å².